The van der Waals surface area contributed by atoms with Crippen LogP contribution in [-0.4, -0.2) is 25.0 Å². The fraction of sp³-hybridized carbons (Fsp3) is 0.263. The van der Waals surface area contributed by atoms with Gasteiger partial charge in [0.15, 0.2) is 0 Å². The van der Waals surface area contributed by atoms with E-state index < -0.39 is 11.7 Å². The molecule has 0 saturated heterocycles. The van der Waals surface area contributed by atoms with Gasteiger partial charge < -0.3 is 15.4 Å². The van der Waals surface area contributed by atoms with Gasteiger partial charge in [0.1, 0.15) is 11.6 Å². The molecule has 0 unspecified atom stereocenters. The molecule has 2 N–H and O–H groups in total. The number of halogens is 1. The van der Waals surface area contributed by atoms with Crippen LogP contribution in [0.15, 0.2) is 48.5 Å². The number of ether oxygens (including phenoxy) is 1. The van der Waals surface area contributed by atoms with Crippen molar-refractivity contribution in [2.75, 3.05) is 13.2 Å². The van der Waals surface area contributed by atoms with Crippen LogP contribution in [0.3, 0.4) is 0 Å². The molecule has 0 bridgehead atoms. The molecular formula is C19H21FN2O3. The summed E-state index contributed by atoms with van der Waals surface area (Å²) in [4.78, 5) is 23.9. The van der Waals surface area contributed by atoms with Gasteiger partial charge in [0.05, 0.1) is 19.2 Å². The van der Waals surface area contributed by atoms with Crippen LogP contribution in [0, 0.1) is 5.82 Å². The zero-order chi connectivity index (χ0) is 18.2. The molecule has 0 heterocycles. The topological polar surface area (TPSA) is 67.4 Å². The summed E-state index contributed by atoms with van der Waals surface area (Å²) in [5, 5.41) is 5.27. The van der Waals surface area contributed by atoms with Crippen LogP contribution in [0.2, 0.25) is 0 Å². The van der Waals surface area contributed by atoms with Gasteiger partial charge in [-0.2, -0.15) is 0 Å². The maximum Gasteiger partial charge on any atom is 0.251 e. The first-order valence-electron chi connectivity index (χ1n) is 8.05. The minimum Gasteiger partial charge on any atom is -0.494 e. The molecule has 6 heteroatoms. The van der Waals surface area contributed by atoms with E-state index in [4.69, 9.17) is 4.74 Å². The Morgan fingerprint density at radius 1 is 1.16 bits per heavy atom. The van der Waals surface area contributed by atoms with E-state index in [2.05, 4.69) is 10.6 Å². The van der Waals surface area contributed by atoms with Crippen molar-refractivity contribution in [1.82, 2.24) is 10.6 Å². The second-order valence-corrected chi connectivity index (χ2v) is 5.48. The smallest absolute Gasteiger partial charge is 0.251 e. The van der Waals surface area contributed by atoms with E-state index in [1.165, 1.54) is 18.2 Å². The molecule has 0 aliphatic carbocycles. The van der Waals surface area contributed by atoms with Crippen molar-refractivity contribution in [1.29, 1.82) is 0 Å². The monoisotopic (exact) mass is 344 g/mol. The number of benzene rings is 2. The summed E-state index contributed by atoms with van der Waals surface area (Å²) in [7, 11) is 0. The van der Waals surface area contributed by atoms with Gasteiger partial charge in [-0.05, 0) is 49.7 Å². The summed E-state index contributed by atoms with van der Waals surface area (Å²) in [6, 6.07) is 12.5. The van der Waals surface area contributed by atoms with Crippen molar-refractivity contribution in [3.63, 3.8) is 0 Å². The first-order chi connectivity index (χ1) is 12.0. The summed E-state index contributed by atoms with van der Waals surface area (Å²) < 4.78 is 18.5. The van der Waals surface area contributed by atoms with Crippen LogP contribution in [0.25, 0.3) is 0 Å². The highest BCUT2D eigenvalue weighted by Gasteiger charge is 2.12. The minimum absolute atomic E-state index is 0.173. The van der Waals surface area contributed by atoms with E-state index in [0.717, 1.165) is 17.4 Å². The Hall–Kier alpha value is -2.89. The van der Waals surface area contributed by atoms with E-state index in [-0.39, 0.29) is 24.1 Å². The van der Waals surface area contributed by atoms with Crippen molar-refractivity contribution >= 4 is 11.8 Å². The highest BCUT2D eigenvalue weighted by atomic mass is 19.1. The van der Waals surface area contributed by atoms with E-state index in [1.807, 2.05) is 38.1 Å². The average molecular weight is 344 g/mol. The predicted octanol–water partition coefficient (Wildman–Crippen LogP) is 2.83. The van der Waals surface area contributed by atoms with Crippen molar-refractivity contribution in [3.05, 3.63) is 65.5 Å². The van der Waals surface area contributed by atoms with Crippen LogP contribution in [0.1, 0.15) is 35.8 Å². The molecule has 25 heavy (non-hydrogen) atoms. The summed E-state index contributed by atoms with van der Waals surface area (Å²) >= 11 is 0. The Kier molecular flexibility index (Phi) is 6.51. The van der Waals surface area contributed by atoms with Crippen LogP contribution >= 0.6 is 0 Å². The van der Waals surface area contributed by atoms with Gasteiger partial charge in [-0.15, -0.1) is 0 Å². The molecule has 0 saturated carbocycles. The molecule has 0 spiro atoms. The molecule has 132 valence electrons. The van der Waals surface area contributed by atoms with E-state index >= 15 is 0 Å². The zero-order valence-electron chi connectivity index (χ0n) is 14.2. The Labute approximate surface area is 146 Å². The standard InChI is InChI=1S/C19H21FN2O3/c1-3-25-17-9-7-14(8-10-17)13(2)22-18(23)12-21-19(24)15-5-4-6-16(20)11-15/h4-11,13H,3,12H2,1-2H3,(H,21,24)(H,22,23)/t13-/m0/s1. The normalized spacial score (nSPS) is 11.5. The number of amides is 2. The molecule has 2 aromatic carbocycles. The van der Waals surface area contributed by atoms with Gasteiger partial charge in [-0.1, -0.05) is 18.2 Å². The third kappa shape index (κ3) is 5.60. The second-order valence-electron chi connectivity index (χ2n) is 5.48. The van der Waals surface area contributed by atoms with E-state index in [9.17, 15) is 14.0 Å². The number of nitrogens with one attached hydrogen (secondary N) is 2. The number of carbonyl (C=O) groups excluding carboxylic acids is 2. The Morgan fingerprint density at radius 3 is 2.52 bits per heavy atom. The molecular weight excluding hydrogens is 323 g/mol. The summed E-state index contributed by atoms with van der Waals surface area (Å²) in [6.07, 6.45) is 0. The van der Waals surface area contributed by atoms with Gasteiger partial charge in [-0.3, -0.25) is 9.59 Å². The Bertz CT molecular complexity index is 732. The van der Waals surface area contributed by atoms with Crippen LogP contribution in [0.5, 0.6) is 5.75 Å². The lowest BCUT2D eigenvalue weighted by Crippen LogP contribution is -2.38. The fourth-order valence-corrected chi connectivity index (χ4v) is 2.29. The number of hydrogen-bond acceptors (Lipinski definition) is 3. The van der Waals surface area contributed by atoms with Gasteiger partial charge >= 0.3 is 0 Å². The molecule has 0 fully saturated rings. The third-order valence-corrected chi connectivity index (χ3v) is 3.56. The van der Waals surface area contributed by atoms with Crippen molar-refractivity contribution in [2.24, 2.45) is 0 Å². The van der Waals surface area contributed by atoms with Gasteiger partial charge in [0.25, 0.3) is 5.91 Å². The highest BCUT2D eigenvalue weighted by Crippen LogP contribution is 2.17. The molecule has 0 aromatic heterocycles. The summed E-state index contributed by atoms with van der Waals surface area (Å²) in [5.41, 5.74) is 1.10. The Balaban J connectivity index is 1.83. The zero-order valence-corrected chi connectivity index (χ0v) is 14.2. The van der Waals surface area contributed by atoms with E-state index in [0.29, 0.717) is 6.61 Å². The van der Waals surface area contributed by atoms with E-state index in [1.54, 1.807) is 0 Å². The molecule has 5 nitrogen and oxygen atoms in total. The maximum atomic E-state index is 13.1. The molecule has 2 aromatic rings. The lowest BCUT2D eigenvalue weighted by molar-refractivity contribution is -0.120. The third-order valence-electron chi connectivity index (χ3n) is 3.56. The fourth-order valence-electron chi connectivity index (χ4n) is 2.29. The number of hydrogen-bond donors (Lipinski definition) is 2. The van der Waals surface area contributed by atoms with Crippen molar-refractivity contribution in [3.8, 4) is 5.75 Å². The summed E-state index contributed by atoms with van der Waals surface area (Å²) in [5.74, 6) is -0.553. The maximum absolute atomic E-state index is 13.1. The lowest BCUT2D eigenvalue weighted by atomic mass is 10.1. The first kappa shape index (κ1) is 18.4. The quantitative estimate of drug-likeness (QED) is 0.812. The van der Waals surface area contributed by atoms with Gasteiger partial charge in [-0.25, -0.2) is 4.39 Å². The molecule has 0 aliphatic rings. The molecule has 0 radical (unpaired) electrons. The average Bonchev–Trinajstić information content (AvgIpc) is 2.60. The highest BCUT2D eigenvalue weighted by molar-refractivity contribution is 5.96. The van der Waals surface area contributed by atoms with Crippen LogP contribution in [0.4, 0.5) is 4.39 Å². The second kappa shape index (κ2) is 8.82. The number of rotatable bonds is 7. The van der Waals surface area contributed by atoms with Crippen molar-refractivity contribution in [2.45, 2.75) is 19.9 Å². The summed E-state index contributed by atoms with van der Waals surface area (Å²) in [6.45, 7) is 4.17. The van der Waals surface area contributed by atoms with Crippen LogP contribution in [-0.2, 0) is 4.79 Å². The molecule has 1 atom stereocenters. The SMILES string of the molecule is CCOc1ccc([C@H](C)NC(=O)CNC(=O)c2cccc(F)c2)cc1. The van der Waals surface area contributed by atoms with Gasteiger partial charge in [0.2, 0.25) is 5.91 Å². The van der Waals surface area contributed by atoms with Crippen LogP contribution < -0.4 is 15.4 Å². The largest absolute Gasteiger partial charge is 0.494 e. The van der Waals surface area contributed by atoms with Gasteiger partial charge in [0, 0.05) is 5.56 Å². The molecule has 0 aliphatic heterocycles. The lowest BCUT2D eigenvalue weighted by Gasteiger charge is -2.15. The Morgan fingerprint density at radius 2 is 1.88 bits per heavy atom. The van der Waals surface area contributed by atoms with Crippen molar-refractivity contribution < 1.29 is 18.7 Å². The minimum atomic E-state index is -0.499. The molecule has 2 rings (SSSR count). The predicted molar refractivity (Wildman–Crippen MR) is 92.9 cm³/mol. The first-order valence-corrected chi connectivity index (χ1v) is 8.05. The molecule has 2 amide bonds. The number of carbonyl (C=O) groups is 2.